The molecule has 0 bridgehead atoms. The molecule has 5 nitrogen and oxygen atoms in total. The average molecular weight is 337 g/mol. The van der Waals surface area contributed by atoms with Gasteiger partial charge in [-0.2, -0.15) is 0 Å². The quantitative estimate of drug-likeness (QED) is 0.930. The second-order valence-electron chi connectivity index (χ2n) is 5.07. The van der Waals surface area contributed by atoms with E-state index in [9.17, 15) is 9.18 Å². The van der Waals surface area contributed by atoms with Gasteiger partial charge >= 0.3 is 0 Å². The lowest BCUT2D eigenvalue weighted by molar-refractivity contribution is 0.102. The predicted molar refractivity (Wildman–Crippen MR) is 83.5 cm³/mol. The maximum atomic E-state index is 13.1. The van der Waals surface area contributed by atoms with Crippen molar-refractivity contribution in [1.29, 1.82) is 0 Å². The first-order valence-corrected chi connectivity index (χ1v) is 7.46. The Morgan fingerprint density at radius 3 is 3.00 bits per heavy atom. The van der Waals surface area contributed by atoms with Crippen molar-refractivity contribution in [2.24, 2.45) is 0 Å². The van der Waals surface area contributed by atoms with Crippen LogP contribution in [0.3, 0.4) is 0 Å². The Kier molecular flexibility index (Phi) is 4.73. The van der Waals surface area contributed by atoms with Crippen LogP contribution in [0.1, 0.15) is 16.8 Å². The first kappa shape index (κ1) is 15.7. The molecule has 1 saturated heterocycles. The molecule has 0 saturated carbocycles. The fraction of sp³-hybridized carbons (Fsp3) is 0.250. The van der Waals surface area contributed by atoms with Gasteiger partial charge in [0.15, 0.2) is 0 Å². The Morgan fingerprint density at radius 1 is 1.39 bits per heavy atom. The number of halogens is 2. The van der Waals surface area contributed by atoms with Crippen LogP contribution in [0.2, 0.25) is 5.02 Å². The van der Waals surface area contributed by atoms with Gasteiger partial charge in [0.25, 0.3) is 5.91 Å². The number of anilines is 1. The van der Waals surface area contributed by atoms with Crippen molar-refractivity contribution in [2.75, 3.05) is 18.5 Å². The molecule has 120 valence electrons. The van der Waals surface area contributed by atoms with E-state index >= 15 is 0 Å². The number of carbonyl (C=O) groups is 1. The molecule has 2 aromatic rings. The molecule has 1 amide bonds. The fourth-order valence-electron chi connectivity index (χ4n) is 2.17. The fourth-order valence-corrected chi connectivity index (χ4v) is 2.35. The van der Waals surface area contributed by atoms with Gasteiger partial charge in [-0.05, 0) is 24.3 Å². The van der Waals surface area contributed by atoms with Crippen molar-refractivity contribution < 1.29 is 18.7 Å². The van der Waals surface area contributed by atoms with E-state index in [2.05, 4.69) is 10.3 Å². The number of ether oxygens (including phenoxy) is 2. The summed E-state index contributed by atoms with van der Waals surface area (Å²) in [4.78, 5) is 16.3. The van der Waals surface area contributed by atoms with Crippen LogP contribution >= 0.6 is 11.6 Å². The van der Waals surface area contributed by atoms with Crippen LogP contribution < -0.4 is 10.1 Å². The molecule has 1 aromatic heterocycles. The molecule has 1 fully saturated rings. The highest BCUT2D eigenvalue weighted by Gasteiger charge is 2.18. The Hall–Kier alpha value is -2.18. The van der Waals surface area contributed by atoms with Crippen molar-refractivity contribution in [3.8, 4) is 5.88 Å². The lowest BCUT2D eigenvalue weighted by Crippen LogP contribution is -2.17. The maximum Gasteiger partial charge on any atom is 0.255 e. The summed E-state index contributed by atoms with van der Waals surface area (Å²) < 4.78 is 24.0. The minimum Gasteiger partial charge on any atom is -0.472 e. The van der Waals surface area contributed by atoms with Crippen LogP contribution in [0, 0.1) is 5.82 Å². The number of nitrogens with zero attached hydrogens (tertiary/aromatic N) is 1. The summed E-state index contributed by atoms with van der Waals surface area (Å²) in [5.74, 6) is -0.532. The van der Waals surface area contributed by atoms with Crippen LogP contribution in [-0.2, 0) is 4.74 Å². The summed E-state index contributed by atoms with van der Waals surface area (Å²) in [5, 5.41) is 2.60. The molecule has 1 aliphatic rings. The number of benzene rings is 1. The zero-order chi connectivity index (χ0) is 16.2. The van der Waals surface area contributed by atoms with E-state index in [1.807, 2.05) is 0 Å². The second-order valence-corrected chi connectivity index (χ2v) is 5.48. The van der Waals surface area contributed by atoms with E-state index in [1.54, 1.807) is 12.1 Å². The molecule has 1 atom stereocenters. The average Bonchev–Trinajstić information content (AvgIpc) is 3.04. The van der Waals surface area contributed by atoms with Crippen LogP contribution in [-0.4, -0.2) is 30.2 Å². The Morgan fingerprint density at radius 2 is 2.26 bits per heavy atom. The summed E-state index contributed by atoms with van der Waals surface area (Å²) in [6, 6.07) is 7.10. The first-order chi connectivity index (χ1) is 11.1. The van der Waals surface area contributed by atoms with Crippen LogP contribution in [0.5, 0.6) is 5.88 Å². The first-order valence-electron chi connectivity index (χ1n) is 7.08. The van der Waals surface area contributed by atoms with E-state index < -0.39 is 5.82 Å². The Bertz CT molecular complexity index is 720. The SMILES string of the molecule is O=C(Nc1ccc(F)c(Cl)c1)c1ccnc(OC2CCOC2)c1. The van der Waals surface area contributed by atoms with Gasteiger partial charge in [0.1, 0.15) is 11.9 Å². The van der Waals surface area contributed by atoms with Gasteiger partial charge in [0, 0.05) is 29.9 Å². The van der Waals surface area contributed by atoms with E-state index in [0.717, 1.165) is 6.42 Å². The minimum absolute atomic E-state index is 0.0447. The summed E-state index contributed by atoms with van der Waals surface area (Å²) in [7, 11) is 0. The molecule has 1 N–H and O–H groups in total. The van der Waals surface area contributed by atoms with Gasteiger partial charge in [-0.15, -0.1) is 0 Å². The molecule has 0 aliphatic carbocycles. The van der Waals surface area contributed by atoms with E-state index in [1.165, 1.54) is 24.4 Å². The van der Waals surface area contributed by atoms with Crippen molar-refractivity contribution in [1.82, 2.24) is 4.98 Å². The Labute approximate surface area is 137 Å². The lowest BCUT2D eigenvalue weighted by atomic mass is 10.2. The molecule has 0 radical (unpaired) electrons. The number of nitrogens with one attached hydrogen (secondary N) is 1. The number of amides is 1. The highest BCUT2D eigenvalue weighted by atomic mass is 35.5. The molecule has 1 aliphatic heterocycles. The Balaban J connectivity index is 1.70. The summed E-state index contributed by atoms with van der Waals surface area (Å²) in [6.45, 7) is 1.18. The minimum atomic E-state index is -0.539. The molecule has 0 spiro atoms. The van der Waals surface area contributed by atoms with Crippen molar-refractivity contribution in [3.05, 3.63) is 52.9 Å². The zero-order valence-corrected chi connectivity index (χ0v) is 12.8. The molecule has 3 rings (SSSR count). The number of aromatic nitrogens is 1. The number of pyridine rings is 1. The van der Waals surface area contributed by atoms with Crippen LogP contribution in [0.25, 0.3) is 0 Å². The molecule has 1 aromatic carbocycles. The largest absolute Gasteiger partial charge is 0.472 e. The second kappa shape index (κ2) is 6.93. The van der Waals surface area contributed by atoms with E-state index in [4.69, 9.17) is 21.1 Å². The van der Waals surface area contributed by atoms with Crippen molar-refractivity contribution in [3.63, 3.8) is 0 Å². The normalized spacial score (nSPS) is 17.0. The summed E-state index contributed by atoms with van der Waals surface area (Å²) in [6.07, 6.45) is 2.25. The molecular weight excluding hydrogens is 323 g/mol. The van der Waals surface area contributed by atoms with Gasteiger partial charge < -0.3 is 14.8 Å². The van der Waals surface area contributed by atoms with Gasteiger partial charge in [-0.1, -0.05) is 11.6 Å². The van der Waals surface area contributed by atoms with E-state index in [-0.39, 0.29) is 17.0 Å². The van der Waals surface area contributed by atoms with Gasteiger partial charge in [0.05, 0.1) is 18.2 Å². The van der Waals surface area contributed by atoms with Gasteiger partial charge in [-0.25, -0.2) is 9.37 Å². The highest BCUT2D eigenvalue weighted by molar-refractivity contribution is 6.31. The summed E-state index contributed by atoms with van der Waals surface area (Å²) >= 11 is 5.70. The number of hydrogen-bond acceptors (Lipinski definition) is 4. The molecular formula is C16H14ClFN2O3. The molecule has 2 heterocycles. The summed E-state index contributed by atoms with van der Waals surface area (Å²) in [5.41, 5.74) is 0.791. The van der Waals surface area contributed by atoms with Crippen LogP contribution in [0.15, 0.2) is 36.5 Å². The number of hydrogen-bond donors (Lipinski definition) is 1. The smallest absolute Gasteiger partial charge is 0.255 e. The number of rotatable bonds is 4. The third-order valence-electron chi connectivity index (χ3n) is 3.35. The van der Waals surface area contributed by atoms with Gasteiger partial charge in [-0.3, -0.25) is 4.79 Å². The third-order valence-corrected chi connectivity index (χ3v) is 3.64. The monoisotopic (exact) mass is 336 g/mol. The van der Waals surface area contributed by atoms with Crippen LogP contribution in [0.4, 0.5) is 10.1 Å². The predicted octanol–water partition coefficient (Wildman–Crippen LogP) is 3.29. The lowest BCUT2D eigenvalue weighted by Gasteiger charge is -2.11. The third kappa shape index (κ3) is 3.97. The number of carbonyl (C=O) groups excluding carboxylic acids is 1. The van der Waals surface area contributed by atoms with Crippen molar-refractivity contribution in [2.45, 2.75) is 12.5 Å². The zero-order valence-electron chi connectivity index (χ0n) is 12.1. The molecule has 23 heavy (non-hydrogen) atoms. The topological polar surface area (TPSA) is 60.5 Å². The molecule has 1 unspecified atom stereocenters. The maximum absolute atomic E-state index is 13.1. The van der Waals surface area contributed by atoms with Crippen molar-refractivity contribution >= 4 is 23.2 Å². The standard InChI is InChI=1S/C16H14ClFN2O3/c17-13-8-11(1-2-14(13)18)20-16(21)10-3-5-19-15(7-10)23-12-4-6-22-9-12/h1-3,5,7-8,12H,4,6,9H2,(H,20,21). The highest BCUT2D eigenvalue weighted by Crippen LogP contribution is 2.21. The van der Waals surface area contributed by atoms with E-state index in [0.29, 0.717) is 30.3 Å². The van der Waals surface area contributed by atoms with Gasteiger partial charge in [0.2, 0.25) is 5.88 Å². The molecule has 7 heteroatoms.